The molecule has 4 atom stereocenters. The summed E-state index contributed by atoms with van der Waals surface area (Å²) < 4.78 is 0. The summed E-state index contributed by atoms with van der Waals surface area (Å²) >= 11 is 0. The van der Waals surface area contributed by atoms with Gasteiger partial charge in [-0.25, -0.2) is 0 Å². The number of amides is 3. The van der Waals surface area contributed by atoms with E-state index < -0.39 is 48.2 Å². The number of aldehydes is 1. The molecule has 38 heavy (non-hydrogen) atoms. The number of carboxylic acids is 1. The van der Waals surface area contributed by atoms with Gasteiger partial charge in [0.25, 0.3) is 5.91 Å². The first-order valence-corrected chi connectivity index (χ1v) is 12.3. The zero-order valence-corrected chi connectivity index (χ0v) is 20.7. The highest BCUT2D eigenvalue weighted by atomic mass is 16.4. The minimum absolute atomic E-state index is 0.160. The van der Waals surface area contributed by atoms with E-state index in [1.54, 1.807) is 18.2 Å². The quantitative estimate of drug-likeness (QED) is 0.368. The number of hydrogen-bond donors (Lipinski definition) is 3. The van der Waals surface area contributed by atoms with Gasteiger partial charge in [-0.15, -0.1) is 0 Å². The maximum atomic E-state index is 13.5. The van der Waals surface area contributed by atoms with Gasteiger partial charge < -0.3 is 25.4 Å². The Morgan fingerprint density at radius 1 is 1.05 bits per heavy atom. The van der Waals surface area contributed by atoms with Crippen LogP contribution < -0.4 is 10.6 Å². The highest BCUT2D eigenvalue weighted by molar-refractivity contribution is 6.06. The zero-order valence-electron chi connectivity index (χ0n) is 20.7. The maximum Gasteiger partial charge on any atom is 0.305 e. The molecule has 3 amide bonds. The molecule has 0 radical (unpaired) electrons. The number of likely N-dealkylation sites (tertiary alicyclic amines) is 1. The number of aromatic nitrogens is 1. The second kappa shape index (κ2) is 11.6. The van der Waals surface area contributed by atoms with E-state index in [1.807, 2.05) is 42.5 Å². The van der Waals surface area contributed by atoms with E-state index in [9.17, 15) is 24.0 Å². The molecule has 10 nitrogen and oxygen atoms in total. The number of rotatable bonds is 9. The molecule has 0 aliphatic carbocycles. The van der Waals surface area contributed by atoms with E-state index in [0.717, 1.165) is 10.9 Å². The van der Waals surface area contributed by atoms with Gasteiger partial charge in [0.05, 0.1) is 12.5 Å². The van der Waals surface area contributed by atoms with Crippen molar-refractivity contribution in [2.75, 3.05) is 6.54 Å². The third kappa shape index (κ3) is 5.86. The lowest BCUT2D eigenvalue weighted by Crippen LogP contribution is -2.54. The minimum atomic E-state index is -1.23. The van der Waals surface area contributed by atoms with Crippen LogP contribution in [0.15, 0.2) is 66.9 Å². The van der Waals surface area contributed by atoms with Crippen molar-refractivity contribution in [1.82, 2.24) is 20.5 Å². The van der Waals surface area contributed by atoms with Crippen LogP contribution in [0.1, 0.15) is 41.7 Å². The molecule has 196 valence electrons. The molecule has 1 aliphatic heterocycles. The number of nitrogens with one attached hydrogen (secondary N) is 2. The van der Waals surface area contributed by atoms with Gasteiger partial charge in [0.15, 0.2) is 0 Å². The Kier molecular flexibility index (Phi) is 8.10. The third-order valence-corrected chi connectivity index (χ3v) is 6.65. The SMILES string of the molecule is CC(NC(=O)c1nccc2ccccc12)C(=O)N1C[C@H](c2ccccc2)CC1C(=O)NC(C=O)CC(=O)O. The molecule has 0 bridgehead atoms. The molecule has 1 saturated heterocycles. The molecule has 2 heterocycles. The van der Waals surface area contributed by atoms with Crippen molar-refractivity contribution >= 4 is 40.7 Å². The molecule has 2 aromatic carbocycles. The van der Waals surface area contributed by atoms with Gasteiger partial charge in [0, 0.05) is 24.0 Å². The Morgan fingerprint density at radius 3 is 2.47 bits per heavy atom. The number of hydrogen-bond acceptors (Lipinski definition) is 6. The largest absolute Gasteiger partial charge is 0.481 e. The number of aliphatic carboxylic acids is 1. The van der Waals surface area contributed by atoms with E-state index >= 15 is 0 Å². The lowest BCUT2D eigenvalue weighted by atomic mass is 9.96. The molecule has 4 rings (SSSR count). The number of pyridine rings is 1. The lowest BCUT2D eigenvalue weighted by Gasteiger charge is -2.28. The van der Waals surface area contributed by atoms with E-state index in [2.05, 4.69) is 15.6 Å². The van der Waals surface area contributed by atoms with E-state index in [4.69, 9.17) is 5.11 Å². The predicted molar refractivity (Wildman–Crippen MR) is 138 cm³/mol. The topological polar surface area (TPSA) is 146 Å². The average Bonchev–Trinajstić information content (AvgIpc) is 3.37. The first-order valence-electron chi connectivity index (χ1n) is 12.3. The molecule has 1 aliphatic rings. The van der Waals surface area contributed by atoms with E-state index in [0.29, 0.717) is 11.7 Å². The first-order chi connectivity index (χ1) is 18.3. The van der Waals surface area contributed by atoms with Gasteiger partial charge in [-0.2, -0.15) is 0 Å². The van der Waals surface area contributed by atoms with Gasteiger partial charge in [-0.1, -0.05) is 54.6 Å². The van der Waals surface area contributed by atoms with Crippen LogP contribution in [0, 0.1) is 0 Å². The Labute approximate surface area is 219 Å². The zero-order chi connectivity index (χ0) is 27.2. The van der Waals surface area contributed by atoms with Crippen molar-refractivity contribution < 1.29 is 29.1 Å². The third-order valence-electron chi connectivity index (χ3n) is 6.65. The molecule has 1 aromatic heterocycles. The van der Waals surface area contributed by atoms with Crippen LogP contribution in [0.4, 0.5) is 0 Å². The summed E-state index contributed by atoms with van der Waals surface area (Å²) in [4.78, 5) is 67.7. The van der Waals surface area contributed by atoms with Gasteiger partial charge in [0.2, 0.25) is 11.8 Å². The number of benzene rings is 2. The average molecular weight is 517 g/mol. The van der Waals surface area contributed by atoms with Crippen LogP contribution in [0.2, 0.25) is 0 Å². The predicted octanol–water partition coefficient (Wildman–Crippen LogP) is 1.90. The van der Waals surface area contributed by atoms with Gasteiger partial charge in [-0.05, 0) is 30.4 Å². The summed E-state index contributed by atoms with van der Waals surface area (Å²) in [5.41, 5.74) is 1.12. The summed E-state index contributed by atoms with van der Waals surface area (Å²) in [5.74, 6) is -3.01. The van der Waals surface area contributed by atoms with Crippen molar-refractivity contribution in [2.24, 2.45) is 0 Å². The Hall–Kier alpha value is -4.60. The molecule has 10 heteroatoms. The van der Waals surface area contributed by atoms with Crippen molar-refractivity contribution in [3.63, 3.8) is 0 Å². The number of carbonyl (C=O) groups excluding carboxylic acids is 4. The van der Waals surface area contributed by atoms with Crippen molar-refractivity contribution in [2.45, 2.75) is 43.8 Å². The highest BCUT2D eigenvalue weighted by Crippen LogP contribution is 2.32. The molecule has 0 saturated carbocycles. The van der Waals surface area contributed by atoms with Gasteiger partial charge in [-0.3, -0.25) is 24.2 Å². The van der Waals surface area contributed by atoms with Crippen LogP contribution in [-0.4, -0.2) is 69.6 Å². The number of carboxylic acid groups (broad SMARTS) is 1. The Morgan fingerprint density at radius 2 is 1.76 bits per heavy atom. The number of carbonyl (C=O) groups is 5. The second-order valence-electron chi connectivity index (χ2n) is 9.27. The molecule has 3 unspecified atom stereocenters. The van der Waals surface area contributed by atoms with Crippen molar-refractivity contribution in [3.8, 4) is 0 Å². The monoisotopic (exact) mass is 516 g/mol. The van der Waals surface area contributed by atoms with Gasteiger partial charge in [0.1, 0.15) is 24.1 Å². The summed E-state index contributed by atoms with van der Waals surface area (Å²) in [5, 5.41) is 15.6. The molecule has 0 spiro atoms. The van der Waals surface area contributed by atoms with Crippen molar-refractivity contribution in [1.29, 1.82) is 0 Å². The minimum Gasteiger partial charge on any atom is -0.481 e. The summed E-state index contributed by atoms with van der Waals surface area (Å²) in [6.45, 7) is 1.76. The number of nitrogens with zero attached hydrogens (tertiary/aromatic N) is 2. The highest BCUT2D eigenvalue weighted by Gasteiger charge is 2.42. The summed E-state index contributed by atoms with van der Waals surface area (Å²) in [6.07, 6.45) is 1.60. The van der Waals surface area contributed by atoms with Crippen LogP contribution in [0.5, 0.6) is 0 Å². The van der Waals surface area contributed by atoms with Crippen LogP contribution >= 0.6 is 0 Å². The summed E-state index contributed by atoms with van der Waals surface area (Å²) in [7, 11) is 0. The summed E-state index contributed by atoms with van der Waals surface area (Å²) in [6, 6.07) is 15.3. The fourth-order valence-electron chi connectivity index (χ4n) is 4.77. The number of fused-ring (bicyclic) bond motifs is 1. The smallest absolute Gasteiger partial charge is 0.305 e. The van der Waals surface area contributed by atoms with Crippen molar-refractivity contribution in [3.05, 3.63) is 78.1 Å². The first kappa shape index (κ1) is 26.5. The normalized spacial score (nSPS) is 18.4. The molecule has 3 aromatic rings. The fourth-order valence-corrected chi connectivity index (χ4v) is 4.77. The van der Waals surface area contributed by atoms with E-state index in [-0.39, 0.29) is 24.6 Å². The molecular formula is C28H28N4O6. The van der Waals surface area contributed by atoms with Gasteiger partial charge >= 0.3 is 5.97 Å². The van der Waals surface area contributed by atoms with Crippen LogP contribution in [0.25, 0.3) is 10.8 Å². The second-order valence-corrected chi connectivity index (χ2v) is 9.27. The lowest BCUT2D eigenvalue weighted by molar-refractivity contribution is -0.141. The molecule has 1 fully saturated rings. The Bertz CT molecular complexity index is 1360. The Balaban J connectivity index is 1.54. The molecular weight excluding hydrogens is 488 g/mol. The molecule has 3 N–H and O–H groups in total. The maximum absolute atomic E-state index is 13.5. The van der Waals surface area contributed by atoms with Crippen LogP contribution in [0.3, 0.4) is 0 Å². The van der Waals surface area contributed by atoms with E-state index in [1.165, 1.54) is 18.0 Å². The standard InChI is InChI=1S/C28H28N4O6/c1-17(30-27(37)25-22-10-6-5-9-19(22)11-12-29-25)28(38)32-15-20(18-7-3-2-4-8-18)13-23(32)26(36)31-21(16-33)14-24(34)35/h2-12,16-17,20-21,23H,13-15H2,1H3,(H,30,37)(H,31,36)(H,34,35)/t17?,20-,21?,23?/m1/s1. The van der Waals surface area contributed by atoms with Crippen LogP contribution in [-0.2, 0) is 19.2 Å². The fraction of sp³-hybridized carbons (Fsp3) is 0.286.